The van der Waals surface area contributed by atoms with E-state index < -0.39 is 22.1 Å². The Labute approximate surface area is 168 Å². The predicted octanol–water partition coefficient (Wildman–Crippen LogP) is 2.82. The Morgan fingerprint density at radius 3 is 2.71 bits per heavy atom. The second-order valence-corrected chi connectivity index (χ2v) is 9.75. The van der Waals surface area contributed by atoms with Crippen molar-refractivity contribution >= 4 is 27.3 Å². The highest BCUT2D eigenvalue weighted by atomic mass is 32.2. The molecule has 3 rings (SSSR count). The summed E-state index contributed by atoms with van der Waals surface area (Å²) in [6.07, 6.45) is 0.874. The Bertz CT molecular complexity index is 916. The maximum atomic E-state index is 12.8. The van der Waals surface area contributed by atoms with E-state index in [1.54, 1.807) is 4.90 Å². The first-order valence-corrected chi connectivity index (χ1v) is 11.7. The van der Waals surface area contributed by atoms with Crippen molar-refractivity contribution in [2.75, 3.05) is 12.6 Å². The van der Waals surface area contributed by atoms with Crippen LogP contribution >= 0.6 is 11.3 Å². The number of carbonyl (C=O) groups excluding carboxylic acids is 1. The van der Waals surface area contributed by atoms with Gasteiger partial charge in [0.25, 0.3) is 0 Å². The summed E-state index contributed by atoms with van der Waals surface area (Å²) in [5.41, 5.74) is 1.80. The number of alkyl halides is 1. The van der Waals surface area contributed by atoms with Crippen molar-refractivity contribution in [1.29, 1.82) is 0 Å². The van der Waals surface area contributed by atoms with Crippen molar-refractivity contribution < 1.29 is 17.6 Å². The maximum absolute atomic E-state index is 12.8. The number of thiazole rings is 1. The Morgan fingerprint density at radius 1 is 1.36 bits per heavy atom. The minimum atomic E-state index is -4.01. The van der Waals surface area contributed by atoms with Crippen molar-refractivity contribution in [2.24, 2.45) is 5.92 Å². The predicted molar refractivity (Wildman–Crippen MR) is 108 cm³/mol. The van der Waals surface area contributed by atoms with Crippen LogP contribution < -0.4 is 4.72 Å². The Morgan fingerprint density at radius 2 is 2.07 bits per heavy atom. The molecule has 1 fully saturated rings. The fourth-order valence-electron chi connectivity index (χ4n) is 3.44. The minimum Gasteiger partial charge on any atom is -0.337 e. The highest BCUT2D eigenvalue weighted by Crippen LogP contribution is 2.28. The molecule has 2 heterocycles. The molecule has 1 aromatic carbocycles. The zero-order valence-electron chi connectivity index (χ0n) is 15.8. The summed E-state index contributed by atoms with van der Waals surface area (Å²) in [6.45, 7) is 4.07. The number of nitrogens with zero attached hydrogens (tertiary/aromatic N) is 2. The lowest BCUT2D eigenvalue weighted by Gasteiger charge is -2.29. The topological polar surface area (TPSA) is 79.4 Å². The summed E-state index contributed by atoms with van der Waals surface area (Å²) in [5.74, 6) is -0.236. The van der Waals surface area contributed by atoms with Crippen molar-refractivity contribution in [2.45, 2.75) is 38.8 Å². The van der Waals surface area contributed by atoms with Gasteiger partial charge in [-0.2, -0.15) is 0 Å². The van der Waals surface area contributed by atoms with Crippen LogP contribution in [0.5, 0.6) is 0 Å². The Balaban J connectivity index is 1.83. The first kappa shape index (κ1) is 20.9. The van der Waals surface area contributed by atoms with Crippen LogP contribution in [0.1, 0.15) is 26.0 Å². The molecule has 2 aromatic rings. The van der Waals surface area contributed by atoms with Gasteiger partial charge in [0.1, 0.15) is 5.01 Å². The summed E-state index contributed by atoms with van der Waals surface area (Å²) >= 11 is 1.51. The first-order valence-electron chi connectivity index (χ1n) is 9.17. The van der Waals surface area contributed by atoms with Crippen LogP contribution in [0.15, 0.2) is 35.7 Å². The monoisotopic (exact) mass is 425 g/mol. The van der Waals surface area contributed by atoms with E-state index in [-0.39, 0.29) is 17.9 Å². The molecule has 0 bridgehead atoms. The normalized spacial score (nSPS) is 20.1. The third-order valence-corrected chi connectivity index (χ3v) is 6.68. The summed E-state index contributed by atoms with van der Waals surface area (Å²) < 4.78 is 38.7. The van der Waals surface area contributed by atoms with Gasteiger partial charge in [-0.1, -0.05) is 44.2 Å². The van der Waals surface area contributed by atoms with Crippen LogP contribution in [0.4, 0.5) is 4.39 Å². The fourth-order valence-corrected chi connectivity index (χ4v) is 5.08. The third-order valence-electron chi connectivity index (χ3n) is 4.79. The average Bonchev–Trinajstić information content (AvgIpc) is 3.30. The highest BCUT2D eigenvalue weighted by Gasteiger charge is 2.39. The third kappa shape index (κ3) is 4.76. The van der Waals surface area contributed by atoms with E-state index in [0.717, 1.165) is 16.3 Å². The zero-order valence-corrected chi connectivity index (χ0v) is 17.5. The molecule has 1 aliphatic rings. The van der Waals surface area contributed by atoms with Crippen LogP contribution in [-0.2, 0) is 21.2 Å². The van der Waals surface area contributed by atoms with E-state index >= 15 is 0 Å². The zero-order chi connectivity index (χ0) is 20.3. The number of sulfonamides is 1. The van der Waals surface area contributed by atoms with Crippen molar-refractivity contribution in [1.82, 2.24) is 14.6 Å². The van der Waals surface area contributed by atoms with E-state index in [1.165, 1.54) is 11.3 Å². The molecule has 1 aliphatic heterocycles. The number of aromatic nitrogens is 1. The molecular weight excluding hydrogens is 401 g/mol. The van der Waals surface area contributed by atoms with Gasteiger partial charge in [-0.3, -0.25) is 4.79 Å². The van der Waals surface area contributed by atoms with Crippen LogP contribution in [0, 0.1) is 5.92 Å². The number of benzene rings is 1. The smallest absolute Gasteiger partial charge is 0.241 e. The second-order valence-electron chi connectivity index (χ2n) is 7.20. The lowest BCUT2D eigenvalue weighted by atomic mass is 10.0. The molecule has 9 heteroatoms. The number of hydrogen-bond donors (Lipinski definition) is 1. The van der Waals surface area contributed by atoms with Crippen molar-refractivity contribution in [3.63, 3.8) is 0 Å². The van der Waals surface area contributed by atoms with Gasteiger partial charge < -0.3 is 4.90 Å². The van der Waals surface area contributed by atoms with Gasteiger partial charge in [0, 0.05) is 35.9 Å². The molecule has 152 valence electrons. The van der Waals surface area contributed by atoms with Crippen LogP contribution in [-0.4, -0.2) is 48.8 Å². The van der Waals surface area contributed by atoms with E-state index in [1.807, 2.05) is 49.6 Å². The molecule has 0 saturated carbocycles. The van der Waals surface area contributed by atoms with Crippen LogP contribution in [0.25, 0.3) is 10.6 Å². The molecule has 2 atom stereocenters. The average molecular weight is 426 g/mol. The molecule has 0 spiro atoms. The molecule has 1 aromatic heterocycles. The number of carbonyl (C=O) groups is 1. The Hall–Kier alpha value is -1.84. The van der Waals surface area contributed by atoms with Crippen molar-refractivity contribution in [3.05, 3.63) is 41.4 Å². The number of hydrogen-bond acceptors (Lipinski definition) is 5. The minimum absolute atomic E-state index is 0.0366. The molecule has 1 N–H and O–H groups in total. The number of likely N-dealkylation sites (tertiary alicyclic amines) is 1. The first-order chi connectivity index (χ1) is 13.3. The summed E-state index contributed by atoms with van der Waals surface area (Å²) in [6, 6.07) is 7.40. The SMILES string of the molecule is CC(C)C(=O)N1CC[C@@H](NS(=O)(=O)CF)[C@H]1Cc1csc(-c2ccccc2)n1. The lowest BCUT2D eigenvalue weighted by molar-refractivity contribution is -0.135. The lowest BCUT2D eigenvalue weighted by Crippen LogP contribution is -2.49. The van der Waals surface area contributed by atoms with E-state index in [9.17, 15) is 17.6 Å². The summed E-state index contributed by atoms with van der Waals surface area (Å²) in [4.78, 5) is 19.0. The molecule has 1 amide bonds. The van der Waals surface area contributed by atoms with E-state index in [0.29, 0.717) is 19.4 Å². The molecule has 0 radical (unpaired) electrons. The van der Waals surface area contributed by atoms with Gasteiger partial charge in [0.05, 0.1) is 11.7 Å². The van der Waals surface area contributed by atoms with E-state index in [2.05, 4.69) is 9.71 Å². The van der Waals surface area contributed by atoms with Gasteiger partial charge >= 0.3 is 0 Å². The molecule has 0 unspecified atom stereocenters. The Kier molecular flexibility index (Phi) is 6.47. The van der Waals surface area contributed by atoms with Crippen molar-refractivity contribution in [3.8, 4) is 10.6 Å². The quantitative estimate of drug-likeness (QED) is 0.740. The van der Waals surface area contributed by atoms with Gasteiger partial charge in [-0.25, -0.2) is 22.5 Å². The van der Waals surface area contributed by atoms with Gasteiger partial charge in [0.15, 0.2) is 0 Å². The summed E-state index contributed by atoms with van der Waals surface area (Å²) in [7, 11) is -4.01. The fraction of sp³-hybridized carbons (Fsp3) is 0.474. The second kappa shape index (κ2) is 8.67. The standard InChI is InChI=1S/C19H24FN3O3S2/c1-13(2)19(24)23-9-8-16(22-28(25,26)12-20)17(23)10-15-11-27-18(21-15)14-6-4-3-5-7-14/h3-7,11,13,16-17,22H,8-10,12H2,1-2H3/t16-,17-/m1/s1. The molecule has 28 heavy (non-hydrogen) atoms. The maximum Gasteiger partial charge on any atom is 0.241 e. The number of amides is 1. The van der Waals surface area contributed by atoms with Gasteiger partial charge in [-0.15, -0.1) is 11.3 Å². The van der Waals surface area contributed by atoms with E-state index in [4.69, 9.17) is 0 Å². The number of rotatable bonds is 7. The van der Waals surface area contributed by atoms with Gasteiger partial charge in [-0.05, 0) is 6.42 Å². The molecule has 6 nitrogen and oxygen atoms in total. The molecular formula is C19H24FN3O3S2. The van der Waals surface area contributed by atoms with Crippen LogP contribution in [0.3, 0.4) is 0 Å². The number of halogens is 1. The van der Waals surface area contributed by atoms with Gasteiger partial charge in [0.2, 0.25) is 21.9 Å². The molecule has 0 aliphatic carbocycles. The largest absolute Gasteiger partial charge is 0.337 e. The summed E-state index contributed by atoms with van der Waals surface area (Å²) in [5, 5.41) is 2.80. The highest BCUT2D eigenvalue weighted by molar-refractivity contribution is 7.89. The molecule has 1 saturated heterocycles. The van der Waals surface area contributed by atoms with Crippen LogP contribution in [0.2, 0.25) is 0 Å². The number of nitrogens with one attached hydrogen (secondary N) is 1.